The van der Waals surface area contributed by atoms with Gasteiger partial charge in [0, 0.05) is 12.6 Å². The Balaban J connectivity index is 2.34. The first-order valence-electron chi connectivity index (χ1n) is 6.43. The highest BCUT2D eigenvalue weighted by molar-refractivity contribution is 5.50. The number of para-hydroxylation sites is 1. The van der Waals surface area contributed by atoms with Crippen molar-refractivity contribution in [3.8, 4) is 11.6 Å². The van der Waals surface area contributed by atoms with Crippen LogP contribution in [0.1, 0.15) is 13.3 Å². The first-order valence-corrected chi connectivity index (χ1v) is 6.43. The molecule has 1 aromatic heterocycles. The summed E-state index contributed by atoms with van der Waals surface area (Å²) in [4.78, 5) is 14.4. The summed E-state index contributed by atoms with van der Waals surface area (Å²) in [6.45, 7) is 2.65. The Kier molecular flexibility index (Phi) is 4.65. The lowest BCUT2D eigenvalue weighted by atomic mass is 10.3. The van der Waals surface area contributed by atoms with Crippen LogP contribution in [0.25, 0.3) is 0 Å². The summed E-state index contributed by atoms with van der Waals surface area (Å²) in [5, 5.41) is 14.0. The van der Waals surface area contributed by atoms with E-state index in [9.17, 15) is 14.5 Å². The van der Waals surface area contributed by atoms with Gasteiger partial charge in [-0.25, -0.2) is 4.39 Å². The smallest absolute Gasteiger partial charge is 0.331 e. The fraction of sp³-hybridized carbons (Fsp3) is 0.214. The molecule has 1 aromatic carbocycles. The summed E-state index contributed by atoms with van der Waals surface area (Å²) in [7, 11) is 0. The molecule has 6 nitrogen and oxygen atoms in total. The minimum atomic E-state index is -0.618. The molecular formula is C14H14FN3O3. The molecule has 1 N–H and O–H groups in total. The van der Waals surface area contributed by atoms with Gasteiger partial charge in [-0.2, -0.15) is 4.98 Å². The molecule has 0 saturated carbocycles. The van der Waals surface area contributed by atoms with E-state index >= 15 is 0 Å². The minimum Gasteiger partial charge on any atom is -0.430 e. The number of pyridine rings is 1. The highest BCUT2D eigenvalue weighted by atomic mass is 19.1. The van der Waals surface area contributed by atoms with Crippen LogP contribution in [0.3, 0.4) is 0 Å². The molecule has 0 spiro atoms. The summed E-state index contributed by atoms with van der Waals surface area (Å²) in [5.41, 5.74) is -0.319. The van der Waals surface area contributed by atoms with Gasteiger partial charge in [-0.15, -0.1) is 0 Å². The molecule has 110 valence electrons. The van der Waals surface area contributed by atoms with E-state index in [0.29, 0.717) is 12.4 Å². The number of nitro groups is 1. The highest BCUT2D eigenvalue weighted by Gasteiger charge is 2.19. The van der Waals surface area contributed by atoms with Gasteiger partial charge >= 0.3 is 11.6 Å². The van der Waals surface area contributed by atoms with E-state index < -0.39 is 10.7 Å². The molecule has 0 unspecified atom stereocenters. The van der Waals surface area contributed by atoms with Crippen molar-refractivity contribution in [1.29, 1.82) is 0 Å². The van der Waals surface area contributed by atoms with E-state index in [4.69, 9.17) is 4.74 Å². The van der Waals surface area contributed by atoms with Crippen LogP contribution in [0.15, 0.2) is 36.4 Å². The van der Waals surface area contributed by atoms with Gasteiger partial charge < -0.3 is 10.1 Å². The second-order valence-electron chi connectivity index (χ2n) is 4.24. The maximum Gasteiger partial charge on any atom is 0.331 e. The van der Waals surface area contributed by atoms with Crippen molar-refractivity contribution in [3.63, 3.8) is 0 Å². The summed E-state index contributed by atoms with van der Waals surface area (Å²) in [6, 6.07) is 8.43. The second kappa shape index (κ2) is 6.65. The van der Waals surface area contributed by atoms with Crippen LogP contribution in [-0.4, -0.2) is 16.5 Å². The largest absolute Gasteiger partial charge is 0.430 e. The molecule has 0 aliphatic rings. The quantitative estimate of drug-likeness (QED) is 0.648. The number of hydrogen-bond donors (Lipinski definition) is 1. The van der Waals surface area contributed by atoms with Crippen LogP contribution in [-0.2, 0) is 0 Å². The molecule has 0 aliphatic carbocycles. The SMILES string of the molecule is CCCNc1ccc([N+](=O)[O-])c(Oc2ccccc2F)n1. The Morgan fingerprint density at radius 3 is 2.76 bits per heavy atom. The number of nitrogens with one attached hydrogen (secondary N) is 1. The van der Waals surface area contributed by atoms with Gasteiger partial charge in [0.05, 0.1) is 4.92 Å². The Morgan fingerprint density at radius 1 is 1.33 bits per heavy atom. The Bertz CT molecular complexity index is 649. The highest BCUT2D eigenvalue weighted by Crippen LogP contribution is 2.31. The summed E-state index contributed by atoms with van der Waals surface area (Å²) >= 11 is 0. The average Bonchev–Trinajstić information content (AvgIpc) is 2.47. The average molecular weight is 291 g/mol. The normalized spacial score (nSPS) is 10.2. The third-order valence-electron chi connectivity index (χ3n) is 2.64. The molecule has 1 heterocycles. The van der Waals surface area contributed by atoms with Crippen molar-refractivity contribution in [2.75, 3.05) is 11.9 Å². The maximum absolute atomic E-state index is 13.6. The van der Waals surface area contributed by atoms with Gasteiger partial charge in [-0.05, 0) is 24.6 Å². The van der Waals surface area contributed by atoms with E-state index in [1.54, 1.807) is 6.07 Å². The number of ether oxygens (including phenoxy) is 1. The Morgan fingerprint density at radius 2 is 2.10 bits per heavy atom. The molecule has 0 radical (unpaired) electrons. The Hall–Kier alpha value is -2.70. The van der Waals surface area contributed by atoms with Gasteiger partial charge in [0.1, 0.15) is 5.82 Å². The van der Waals surface area contributed by atoms with Gasteiger partial charge in [0.25, 0.3) is 0 Å². The van der Waals surface area contributed by atoms with E-state index in [2.05, 4.69) is 10.3 Å². The Labute approximate surface area is 120 Å². The van der Waals surface area contributed by atoms with E-state index in [0.717, 1.165) is 6.42 Å². The number of nitrogens with zero attached hydrogens (tertiary/aromatic N) is 2. The topological polar surface area (TPSA) is 77.3 Å². The van der Waals surface area contributed by atoms with E-state index in [1.807, 2.05) is 6.92 Å². The van der Waals surface area contributed by atoms with Gasteiger partial charge in [-0.1, -0.05) is 19.1 Å². The van der Waals surface area contributed by atoms with Gasteiger partial charge in [0.15, 0.2) is 11.6 Å². The number of hydrogen-bond acceptors (Lipinski definition) is 5. The number of benzene rings is 1. The lowest BCUT2D eigenvalue weighted by Gasteiger charge is -2.09. The monoisotopic (exact) mass is 291 g/mol. The number of rotatable bonds is 6. The molecule has 7 heteroatoms. The zero-order chi connectivity index (χ0) is 15.2. The van der Waals surface area contributed by atoms with Crippen molar-refractivity contribution in [2.45, 2.75) is 13.3 Å². The zero-order valence-electron chi connectivity index (χ0n) is 11.4. The first kappa shape index (κ1) is 14.7. The third-order valence-corrected chi connectivity index (χ3v) is 2.64. The van der Waals surface area contributed by atoms with Gasteiger partial charge in [0.2, 0.25) is 0 Å². The lowest BCUT2D eigenvalue weighted by molar-refractivity contribution is -0.386. The van der Waals surface area contributed by atoms with Gasteiger partial charge in [-0.3, -0.25) is 10.1 Å². The van der Waals surface area contributed by atoms with Crippen molar-refractivity contribution >= 4 is 11.5 Å². The minimum absolute atomic E-state index is 0.110. The molecule has 2 aromatic rings. The molecule has 0 fully saturated rings. The second-order valence-corrected chi connectivity index (χ2v) is 4.24. The fourth-order valence-corrected chi connectivity index (χ4v) is 1.63. The number of aromatic nitrogens is 1. The number of halogens is 1. The molecule has 0 atom stereocenters. The zero-order valence-corrected chi connectivity index (χ0v) is 11.4. The lowest BCUT2D eigenvalue weighted by Crippen LogP contribution is -2.04. The molecule has 0 aliphatic heterocycles. The standard InChI is InChI=1S/C14H14FN3O3/c1-2-9-16-13-8-7-11(18(19)20)14(17-13)21-12-6-4-3-5-10(12)15/h3-8H,2,9H2,1H3,(H,16,17). The summed E-state index contributed by atoms with van der Waals surface area (Å²) in [6.07, 6.45) is 0.877. The van der Waals surface area contributed by atoms with Crippen LogP contribution in [0.2, 0.25) is 0 Å². The van der Waals surface area contributed by atoms with Crippen LogP contribution < -0.4 is 10.1 Å². The van der Waals surface area contributed by atoms with Crippen molar-refractivity contribution in [2.24, 2.45) is 0 Å². The molecule has 2 rings (SSSR count). The molecule has 0 bridgehead atoms. The predicted molar refractivity (Wildman–Crippen MR) is 76.1 cm³/mol. The van der Waals surface area contributed by atoms with Crippen molar-refractivity contribution in [1.82, 2.24) is 4.98 Å². The molecule has 21 heavy (non-hydrogen) atoms. The third kappa shape index (κ3) is 3.65. The van der Waals surface area contributed by atoms with Crippen LogP contribution in [0.4, 0.5) is 15.9 Å². The first-order chi connectivity index (χ1) is 10.1. The predicted octanol–water partition coefficient (Wildman–Crippen LogP) is 3.74. The maximum atomic E-state index is 13.6. The molecule has 0 saturated heterocycles. The summed E-state index contributed by atoms with van der Waals surface area (Å²) < 4.78 is 18.8. The van der Waals surface area contributed by atoms with E-state index in [-0.39, 0.29) is 17.3 Å². The number of anilines is 1. The fourth-order valence-electron chi connectivity index (χ4n) is 1.63. The van der Waals surface area contributed by atoms with Crippen molar-refractivity contribution < 1.29 is 14.1 Å². The summed E-state index contributed by atoms with van der Waals surface area (Å²) in [5.74, 6) is -0.527. The van der Waals surface area contributed by atoms with Crippen LogP contribution in [0, 0.1) is 15.9 Å². The van der Waals surface area contributed by atoms with Crippen LogP contribution in [0.5, 0.6) is 11.6 Å². The molecule has 0 amide bonds. The molecular weight excluding hydrogens is 277 g/mol. The van der Waals surface area contributed by atoms with Crippen molar-refractivity contribution in [3.05, 3.63) is 52.3 Å². The van der Waals surface area contributed by atoms with Crippen LogP contribution >= 0.6 is 0 Å². The van der Waals surface area contributed by atoms with E-state index in [1.165, 1.54) is 30.3 Å².